The maximum Gasteiger partial charge on any atom is 0.390 e. The SMILES string of the molecule is N#CC(=Cc1ccc(Cl)cc1Cl)C(=O)NC(=O)n1ccc([N+](=O)[O-])n1. The van der Waals surface area contributed by atoms with Crippen LogP contribution in [-0.2, 0) is 4.79 Å². The van der Waals surface area contributed by atoms with Crippen LogP contribution in [0.15, 0.2) is 36.0 Å². The number of nitro groups is 1. The summed E-state index contributed by atoms with van der Waals surface area (Å²) in [5.41, 5.74) is -0.0563. The van der Waals surface area contributed by atoms with Crippen molar-refractivity contribution in [1.82, 2.24) is 15.1 Å². The summed E-state index contributed by atoms with van der Waals surface area (Å²) in [4.78, 5) is 33.6. The molecule has 0 bridgehead atoms. The summed E-state index contributed by atoms with van der Waals surface area (Å²) in [7, 11) is 0. The highest BCUT2D eigenvalue weighted by Gasteiger charge is 2.20. The van der Waals surface area contributed by atoms with Crippen molar-refractivity contribution in [3.05, 3.63) is 61.8 Å². The topological polar surface area (TPSA) is 131 Å². The average molecular weight is 380 g/mol. The Morgan fingerprint density at radius 1 is 1.36 bits per heavy atom. The molecule has 0 fully saturated rings. The summed E-state index contributed by atoms with van der Waals surface area (Å²) >= 11 is 11.7. The lowest BCUT2D eigenvalue weighted by molar-refractivity contribution is -0.389. The Morgan fingerprint density at radius 3 is 2.64 bits per heavy atom. The van der Waals surface area contributed by atoms with Crippen molar-refractivity contribution in [3.8, 4) is 6.07 Å². The van der Waals surface area contributed by atoms with E-state index in [1.807, 2.05) is 5.32 Å². The molecule has 1 heterocycles. The van der Waals surface area contributed by atoms with Gasteiger partial charge < -0.3 is 10.1 Å². The Kier molecular flexibility index (Phi) is 5.49. The van der Waals surface area contributed by atoms with Crippen molar-refractivity contribution in [2.24, 2.45) is 0 Å². The molecule has 2 amide bonds. The number of carbonyl (C=O) groups excluding carboxylic acids is 2. The smallest absolute Gasteiger partial charge is 0.358 e. The number of imide groups is 1. The predicted octanol–water partition coefficient (Wildman–Crippen LogP) is 2.79. The van der Waals surface area contributed by atoms with Gasteiger partial charge >= 0.3 is 11.8 Å². The molecule has 1 aromatic carbocycles. The third-order valence-electron chi connectivity index (χ3n) is 2.82. The lowest BCUT2D eigenvalue weighted by Gasteiger charge is -2.02. The van der Waals surface area contributed by atoms with Gasteiger partial charge in [-0.25, -0.2) is 4.79 Å². The molecule has 0 aliphatic carbocycles. The second-order valence-electron chi connectivity index (χ2n) is 4.47. The van der Waals surface area contributed by atoms with Gasteiger partial charge in [-0.2, -0.15) is 5.26 Å². The monoisotopic (exact) mass is 379 g/mol. The summed E-state index contributed by atoms with van der Waals surface area (Å²) in [6, 6.07) is 6.00. The fourth-order valence-electron chi connectivity index (χ4n) is 1.67. The molecule has 0 atom stereocenters. The number of benzene rings is 1. The number of aromatic nitrogens is 2. The number of nitrogens with one attached hydrogen (secondary N) is 1. The van der Waals surface area contributed by atoms with Gasteiger partial charge in [0, 0.05) is 10.0 Å². The van der Waals surface area contributed by atoms with Crippen LogP contribution < -0.4 is 5.32 Å². The number of hydrogen-bond donors (Lipinski definition) is 1. The molecule has 0 unspecified atom stereocenters. The minimum atomic E-state index is -1.05. The summed E-state index contributed by atoms with van der Waals surface area (Å²) in [6.07, 6.45) is 2.18. The van der Waals surface area contributed by atoms with E-state index in [0.717, 1.165) is 12.3 Å². The van der Waals surface area contributed by atoms with Crippen LogP contribution in [0.4, 0.5) is 10.6 Å². The molecule has 0 saturated carbocycles. The Labute approximate surface area is 150 Å². The molecule has 2 aromatic rings. The first-order valence-corrected chi connectivity index (χ1v) is 7.20. The first-order valence-electron chi connectivity index (χ1n) is 6.44. The second kappa shape index (κ2) is 7.57. The first-order chi connectivity index (χ1) is 11.8. The average Bonchev–Trinajstić information content (AvgIpc) is 3.04. The number of amides is 2. The Bertz CT molecular complexity index is 945. The van der Waals surface area contributed by atoms with Gasteiger partial charge in [0.25, 0.3) is 5.91 Å². The molecule has 0 saturated heterocycles. The third-order valence-corrected chi connectivity index (χ3v) is 3.38. The number of nitrogens with zero attached hydrogens (tertiary/aromatic N) is 4. The number of carbonyl (C=O) groups is 2. The van der Waals surface area contributed by atoms with Crippen LogP contribution in [0.3, 0.4) is 0 Å². The zero-order chi connectivity index (χ0) is 18.6. The Balaban J connectivity index is 2.19. The van der Waals surface area contributed by atoms with Crippen molar-refractivity contribution < 1.29 is 14.5 Å². The van der Waals surface area contributed by atoms with Crippen LogP contribution in [0.25, 0.3) is 6.08 Å². The minimum Gasteiger partial charge on any atom is -0.358 e. The maximum atomic E-state index is 12.0. The van der Waals surface area contributed by atoms with E-state index < -0.39 is 28.3 Å². The van der Waals surface area contributed by atoms with Crippen LogP contribution in [-0.4, -0.2) is 26.6 Å². The lowest BCUT2D eigenvalue weighted by Crippen LogP contribution is -2.35. The molecule has 126 valence electrons. The first kappa shape index (κ1) is 18.1. The van der Waals surface area contributed by atoms with E-state index in [2.05, 4.69) is 5.10 Å². The van der Waals surface area contributed by atoms with E-state index in [1.54, 1.807) is 6.07 Å². The molecule has 1 aromatic heterocycles. The second-order valence-corrected chi connectivity index (χ2v) is 5.31. The van der Waals surface area contributed by atoms with Crippen LogP contribution >= 0.6 is 23.2 Å². The van der Waals surface area contributed by atoms with E-state index in [9.17, 15) is 19.7 Å². The molecule has 11 heteroatoms. The van der Waals surface area contributed by atoms with Gasteiger partial charge in [0.05, 0.1) is 17.4 Å². The van der Waals surface area contributed by atoms with Crippen molar-refractivity contribution in [2.45, 2.75) is 0 Å². The van der Waals surface area contributed by atoms with E-state index in [4.69, 9.17) is 28.5 Å². The van der Waals surface area contributed by atoms with E-state index in [1.165, 1.54) is 24.3 Å². The molecule has 0 spiro atoms. The van der Waals surface area contributed by atoms with E-state index >= 15 is 0 Å². The number of nitriles is 1. The molecular formula is C14H7Cl2N5O4. The van der Waals surface area contributed by atoms with Gasteiger partial charge in [0.1, 0.15) is 11.6 Å². The third kappa shape index (κ3) is 4.41. The molecule has 2 rings (SSSR count). The minimum absolute atomic E-state index is 0.210. The van der Waals surface area contributed by atoms with Crippen molar-refractivity contribution in [3.63, 3.8) is 0 Å². The fraction of sp³-hybridized carbons (Fsp3) is 0. The normalized spacial score (nSPS) is 10.8. The molecule has 9 nitrogen and oxygen atoms in total. The maximum absolute atomic E-state index is 12.0. The van der Waals surface area contributed by atoms with Gasteiger partial charge in [-0.3, -0.25) is 10.1 Å². The van der Waals surface area contributed by atoms with Gasteiger partial charge in [0.2, 0.25) is 0 Å². The summed E-state index contributed by atoms with van der Waals surface area (Å²) in [6.45, 7) is 0. The largest absolute Gasteiger partial charge is 0.390 e. The molecule has 25 heavy (non-hydrogen) atoms. The quantitative estimate of drug-likeness (QED) is 0.377. The van der Waals surface area contributed by atoms with Gasteiger partial charge in [-0.05, 0) is 28.7 Å². The summed E-state index contributed by atoms with van der Waals surface area (Å²) in [5, 5.41) is 25.5. The molecular weight excluding hydrogens is 373 g/mol. The fourth-order valence-corrected chi connectivity index (χ4v) is 2.13. The highest BCUT2D eigenvalue weighted by atomic mass is 35.5. The number of halogens is 2. The molecule has 1 N–H and O–H groups in total. The lowest BCUT2D eigenvalue weighted by atomic mass is 10.1. The van der Waals surface area contributed by atoms with Gasteiger partial charge in [-0.15, -0.1) is 0 Å². The summed E-state index contributed by atoms with van der Waals surface area (Å²) < 4.78 is 0.570. The van der Waals surface area contributed by atoms with Crippen molar-refractivity contribution >= 4 is 47.0 Å². The van der Waals surface area contributed by atoms with E-state index in [-0.39, 0.29) is 5.02 Å². The number of hydrogen-bond acceptors (Lipinski definition) is 6. The van der Waals surface area contributed by atoms with Gasteiger partial charge in [-0.1, -0.05) is 34.0 Å². The number of rotatable bonds is 3. The Morgan fingerprint density at radius 2 is 2.08 bits per heavy atom. The zero-order valence-corrected chi connectivity index (χ0v) is 13.7. The molecule has 0 aliphatic rings. The van der Waals surface area contributed by atoms with Crippen molar-refractivity contribution in [1.29, 1.82) is 5.26 Å². The highest BCUT2D eigenvalue weighted by molar-refractivity contribution is 6.35. The molecule has 0 aliphatic heterocycles. The van der Waals surface area contributed by atoms with Gasteiger partial charge in [0.15, 0.2) is 0 Å². The predicted molar refractivity (Wildman–Crippen MR) is 87.9 cm³/mol. The standard InChI is InChI=1S/C14H7Cl2N5O4/c15-10-2-1-8(11(16)6-10)5-9(7-17)13(22)18-14(23)20-4-3-12(19-20)21(24)25/h1-6H,(H,18,22,23). The highest BCUT2D eigenvalue weighted by Crippen LogP contribution is 2.23. The van der Waals surface area contributed by atoms with Crippen LogP contribution in [0, 0.1) is 21.4 Å². The Hall–Kier alpha value is -3.22. The van der Waals surface area contributed by atoms with Crippen LogP contribution in [0.2, 0.25) is 10.0 Å². The van der Waals surface area contributed by atoms with Crippen LogP contribution in [0.1, 0.15) is 5.56 Å². The van der Waals surface area contributed by atoms with E-state index in [0.29, 0.717) is 15.3 Å². The van der Waals surface area contributed by atoms with Crippen LogP contribution in [0.5, 0.6) is 0 Å². The zero-order valence-electron chi connectivity index (χ0n) is 12.1. The molecule has 0 radical (unpaired) electrons. The summed E-state index contributed by atoms with van der Waals surface area (Å²) in [5.74, 6) is -1.58. The van der Waals surface area contributed by atoms with Crippen molar-refractivity contribution in [2.75, 3.05) is 0 Å².